The van der Waals surface area contributed by atoms with Crippen LogP contribution in [0.1, 0.15) is 28.4 Å². The summed E-state index contributed by atoms with van der Waals surface area (Å²) in [6.07, 6.45) is 0. The fraction of sp³-hybridized carbons (Fsp3) is 0.462. The van der Waals surface area contributed by atoms with Gasteiger partial charge < -0.3 is 20.3 Å². The SMILES string of the molecule is CC(O)(CO)CNC(=O)c1ccc2c(c1)COC2. The molecule has 0 bridgehead atoms. The van der Waals surface area contributed by atoms with Crippen molar-refractivity contribution in [3.8, 4) is 0 Å². The molecule has 3 N–H and O–H groups in total. The van der Waals surface area contributed by atoms with Crippen LogP contribution in [0.3, 0.4) is 0 Å². The molecule has 1 aromatic rings. The van der Waals surface area contributed by atoms with Crippen molar-refractivity contribution < 1.29 is 19.7 Å². The van der Waals surface area contributed by atoms with E-state index in [0.29, 0.717) is 18.8 Å². The molecule has 0 aromatic heterocycles. The number of nitrogens with one attached hydrogen (secondary N) is 1. The first-order valence-corrected chi connectivity index (χ1v) is 5.83. The van der Waals surface area contributed by atoms with Crippen molar-refractivity contribution in [3.63, 3.8) is 0 Å². The molecule has 1 atom stereocenters. The average molecular weight is 251 g/mol. The van der Waals surface area contributed by atoms with Crippen molar-refractivity contribution in [1.29, 1.82) is 0 Å². The van der Waals surface area contributed by atoms with Crippen molar-refractivity contribution in [2.75, 3.05) is 13.2 Å². The summed E-state index contributed by atoms with van der Waals surface area (Å²) in [6, 6.07) is 5.41. The summed E-state index contributed by atoms with van der Waals surface area (Å²) in [4.78, 5) is 11.9. The second kappa shape index (κ2) is 5.06. The molecule has 5 nitrogen and oxygen atoms in total. The predicted octanol–water partition coefficient (Wildman–Crippen LogP) is 0.190. The van der Waals surface area contributed by atoms with Gasteiger partial charge >= 0.3 is 0 Å². The molecule has 1 aromatic carbocycles. The van der Waals surface area contributed by atoms with Crippen molar-refractivity contribution in [3.05, 3.63) is 34.9 Å². The molecule has 5 heteroatoms. The minimum atomic E-state index is -1.30. The molecule has 1 amide bonds. The van der Waals surface area contributed by atoms with Crippen LogP contribution in [0.2, 0.25) is 0 Å². The lowest BCUT2D eigenvalue weighted by Crippen LogP contribution is -2.43. The van der Waals surface area contributed by atoms with E-state index in [1.54, 1.807) is 12.1 Å². The number of carbonyl (C=O) groups excluding carboxylic acids is 1. The highest BCUT2D eigenvalue weighted by atomic mass is 16.5. The second-order valence-electron chi connectivity index (χ2n) is 4.81. The molecular formula is C13H17NO4. The maximum absolute atomic E-state index is 11.9. The smallest absolute Gasteiger partial charge is 0.251 e. The molecule has 1 aliphatic heterocycles. The van der Waals surface area contributed by atoms with Gasteiger partial charge in [0.2, 0.25) is 0 Å². The molecule has 0 spiro atoms. The molecule has 1 aliphatic rings. The number of fused-ring (bicyclic) bond motifs is 1. The van der Waals surface area contributed by atoms with Crippen LogP contribution in [0, 0.1) is 0 Å². The Bertz CT molecular complexity index is 456. The van der Waals surface area contributed by atoms with Crippen LogP contribution in [-0.4, -0.2) is 34.9 Å². The van der Waals surface area contributed by atoms with E-state index in [4.69, 9.17) is 9.84 Å². The van der Waals surface area contributed by atoms with Gasteiger partial charge in [0, 0.05) is 12.1 Å². The van der Waals surface area contributed by atoms with Crippen molar-refractivity contribution in [1.82, 2.24) is 5.32 Å². The molecule has 0 radical (unpaired) electrons. The normalized spacial score (nSPS) is 17.1. The minimum absolute atomic E-state index is 0.00984. The molecule has 0 fully saturated rings. The van der Waals surface area contributed by atoms with E-state index in [1.165, 1.54) is 6.92 Å². The monoisotopic (exact) mass is 251 g/mol. The van der Waals surface area contributed by atoms with E-state index in [9.17, 15) is 9.90 Å². The number of amides is 1. The van der Waals surface area contributed by atoms with Crippen LogP contribution >= 0.6 is 0 Å². The number of hydrogen-bond acceptors (Lipinski definition) is 4. The highest BCUT2D eigenvalue weighted by molar-refractivity contribution is 5.94. The van der Waals surface area contributed by atoms with Gasteiger partial charge in [0.15, 0.2) is 0 Å². The number of aliphatic hydroxyl groups is 2. The van der Waals surface area contributed by atoms with Gasteiger partial charge in [-0.05, 0) is 30.2 Å². The van der Waals surface area contributed by atoms with Gasteiger partial charge in [0.05, 0.1) is 19.8 Å². The quantitative estimate of drug-likeness (QED) is 0.714. The van der Waals surface area contributed by atoms with Gasteiger partial charge in [0.1, 0.15) is 5.60 Å². The summed E-state index contributed by atoms with van der Waals surface area (Å²) in [5, 5.41) is 21.1. The standard InChI is InChI=1S/C13H17NO4/c1-13(17,8-15)7-14-12(16)9-2-3-10-5-18-6-11(10)4-9/h2-4,15,17H,5-8H2,1H3,(H,14,16). The lowest BCUT2D eigenvalue weighted by molar-refractivity contribution is 0.00320. The Balaban J connectivity index is 2.01. The number of aliphatic hydroxyl groups excluding tert-OH is 1. The predicted molar refractivity (Wildman–Crippen MR) is 65.0 cm³/mol. The minimum Gasteiger partial charge on any atom is -0.393 e. The third-order valence-corrected chi connectivity index (χ3v) is 2.95. The van der Waals surface area contributed by atoms with Gasteiger partial charge in [-0.1, -0.05) is 6.07 Å². The van der Waals surface area contributed by atoms with Crippen LogP contribution in [-0.2, 0) is 18.0 Å². The number of carbonyl (C=O) groups is 1. The summed E-state index contributed by atoms with van der Waals surface area (Å²) in [7, 11) is 0. The van der Waals surface area contributed by atoms with Crippen molar-refractivity contribution in [2.24, 2.45) is 0 Å². The molecule has 18 heavy (non-hydrogen) atoms. The Morgan fingerprint density at radius 2 is 2.17 bits per heavy atom. The van der Waals surface area contributed by atoms with E-state index in [0.717, 1.165) is 11.1 Å². The second-order valence-corrected chi connectivity index (χ2v) is 4.81. The fourth-order valence-electron chi connectivity index (χ4n) is 1.74. The van der Waals surface area contributed by atoms with E-state index in [1.807, 2.05) is 6.07 Å². The van der Waals surface area contributed by atoms with Crippen LogP contribution in [0.25, 0.3) is 0 Å². The number of rotatable bonds is 4. The van der Waals surface area contributed by atoms with Gasteiger partial charge in [-0.25, -0.2) is 0 Å². The highest BCUT2D eigenvalue weighted by Gasteiger charge is 2.21. The molecule has 1 unspecified atom stereocenters. The lowest BCUT2D eigenvalue weighted by atomic mass is 10.1. The third kappa shape index (κ3) is 2.87. The van der Waals surface area contributed by atoms with Crippen molar-refractivity contribution in [2.45, 2.75) is 25.7 Å². The van der Waals surface area contributed by atoms with Gasteiger partial charge in [-0.3, -0.25) is 4.79 Å². The molecule has 0 saturated heterocycles. The van der Waals surface area contributed by atoms with Gasteiger partial charge in [-0.15, -0.1) is 0 Å². The van der Waals surface area contributed by atoms with E-state index in [2.05, 4.69) is 5.32 Å². The van der Waals surface area contributed by atoms with Gasteiger partial charge in [-0.2, -0.15) is 0 Å². The molecule has 98 valence electrons. The van der Waals surface area contributed by atoms with E-state index in [-0.39, 0.29) is 12.5 Å². The highest BCUT2D eigenvalue weighted by Crippen LogP contribution is 2.20. The molecular weight excluding hydrogens is 234 g/mol. The largest absolute Gasteiger partial charge is 0.393 e. The zero-order chi connectivity index (χ0) is 13.2. The maximum Gasteiger partial charge on any atom is 0.251 e. The van der Waals surface area contributed by atoms with Crippen LogP contribution in [0.5, 0.6) is 0 Å². The van der Waals surface area contributed by atoms with E-state index < -0.39 is 12.2 Å². The first-order chi connectivity index (χ1) is 8.52. The topological polar surface area (TPSA) is 78.8 Å². The maximum atomic E-state index is 11.9. The van der Waals surface area contributed by atoms with Crippen LogP contribution in [0.15, 0.2) is 18.2 Å². The van der Waals surface area contributed by atoms with E-state index >= 15 is 0 Å². The third-order valence-electron chi connectivity index (χ3n) is 2.95. The summed E-state index contributed by atoms with van der Waals surface area (Å²) >= 11 is 0. The number of hydrogen-bond donors (Lipinski definition) is 3. The zero-order valence-corrected chi connectivity index (χ0v) is 10.3. The Kier molecular flexibility index (Phi) is 3.65. The number of ether oxygens (including phenoxy) is 1. The summed E-state index contributed by atoms with van der Waals surface area (Å²) < 4.78 is 5.28. The van der Waals surface area contributed by atoms with Gasteiger partial charge in [0.25, 0.3) is 5.91 Å². The summed E-state index contributed by atoms with van der Waals surface area (Å²) in [5.41, 5.74) is 1.37. The summed E-state index contributed by atoms with van der Waals surface area (Å²) in [6.45, 7) is 2.20. The zero-order valence-electron chi connectivity index (χ0n) is 10.3. The first-order valence-electron chi connectivity index (χ1n) is 5.83. The van der Waals surface area contributed by atoms with Crippen LogP contribution < -0.4 is 5.32 Å². The Morgan fingerprint density at radius 3 is 2.89 bits per heavy atom. The van der Waals surface area contributed by atoms with Crippen molar-refractivity contribution >= 4 is 5.91 Å². The van der Waals surface area contributed by atoms with Crippen LogP contribution in [0.4, 0.5) is 0 Å². The Hall–Kier alpha value is -1.43. The molecule has 0 aliphatic carbocycles. The average Bonchev–Trinajstić information content (AvgIpc) is 2.83. The number of benzene rings is 1. The molecule has 2 rings (SSSR count). The first kappa shape index (κ1) is 13.0. The lowest BCUT2D eigenvalue weighted by Gasteiger charge is -2.20. The fourth-order valence-corrected chi connectivity index (χ4v) is 1.74. The Labute approximate surface area is 105 Å². The molecule has 1 heterocycles. The molecule has 0 saturated carbocycles. The Morgan fingerprint density at radius 1 is 1.44 bits per heavy atom. The summed E-state index contributed by atoms with van der Waals surface area (Å²) in [5.74, 6) is -0.265.